The van der Waals surface area contributed by atoms with Gasteiger partial charge in [0.05, 0.1) is 11.2 Å². The van der Waals surface area contributed by atoms with Gasteiger partial charge in [0.25, 0.3) is 0 Å². The van der Waals surface area contributed by atoms with Crippen LogP contribution in [0.15, 0.2) is 24.3 Å². The van der Waals surface area contributed by atoms with Crippen molar-refractivity contribution in [2.75, 3.05) is 7.05 Å². The largest absolute Gasteiger partial charge is 0.494 e. The fraction of sp³-hybridized carbons (Fsp3) is 0.632. The fourth-order valence-corrected chi connectivity index (χ4v) is 2.44. The van der Waals surface area contributed by atoms with E-state index < -0.39 is 5.60 Å². The number of nitrogens with zero attached hydrogens (tertiary/aromatic N) is 1. The smallest absolute Gasteiger partial charge is 0.444 e. The van der Waals surface area contributed by atoms with Crippen LogP contribution < -0.4 is 5.46 Å². The van der Waals surface area contributed by atoms with Gasteiger partial charge in [0.1, 0.15) is 5.60 Å². The highest BCUT2D eigenvalue weighted by atomic mass is 16.7. The minimum atomic E-state index is -0.494. The highest BCUT2D eigenvalue weighted by molar-refractivity contribution is 6.62. The van der Waals surface area contributed by atoms with Gasteiger partial charge in [-0.1, -0.05) is 24.3 Å². The van der Waals surface area contributed by atoms with E-state index in [1.807, 2.05) is 72.7 Å². The first-order valence-electron chi connectivity index (χ1n) is 8.69. The van der Waals surface area contributed by atoms with Gasteiger partial charge in [-0.05, 0) is 59.5 Å². The number of hydrogen-bond donors (Lipinski definition) is 0. The van der Waals surface area contributed by atoms with Gasteiger partial charge >= 0.3 is 13.2 Å². The van der Waals surface area contributed by atoms with E-state index in [9.17, 15) is 4.79 Å². The molecule has 0 bridgehead atoms. The first kappa shape index (κ1) is 19.8. The van der Waals surface area contributed by atoms with Gasteiger partial charge in [0.2, 0.25) is 0 Å². The van der Waals surface area contributed by atoms with Crippen LogP contribution in [0, 0.1) is 0 Å². The second-order valence-corrected chi connectivity index (χ2v) is 8.67. The third-order valence-corrected chi connectivity index (χ3v) is 4.63. The molecule has 5 nitrogen and oxygen atoms in total. The van der Waals surface area contributed by atoms with Crippen LogP contribution in [0.1, 0.15) is 54.0 Å². The van der Waals surface area contributed by atoms with Crippen LogP contribution in [0.3, 0.4) is 0 Å². The standard InChI is InChI=1S/C19H30BNO4/c1-17(2,3)23-16(22)21(8)13-14-9-11-15(12-10-14)20-24-18(4,5)19(6,7)25-20/h9-12H,13H2,1-8H3. The fourth-order valence-electron chi connectivity index (χ4n) is 2.44. The Morgan fingerprint density at radius 2 is 1.56 bits per heavy atom. The average Bonchev–Trinajstić information content (AvgIpc) is 2.66. The van der Waals surface area contributed by atoms with E-state index >= 15 is 0 Å². The zero-order chi connectivity index (χ0) is 19.0. The van der Waals surface area contributed by atoms with E-state index in [4.69, 9.17) is 14.0 Å². The first-order valence-corrected chi connectivity index (χ1v) is 8.69. The molecule has 1 amide bonds. The van der Waals surface area contributed by atoms with E-state index in [2.05, 4.69) is 0 Å². The molecule has 0 atom stereocenters. The van der Waals surface area contributed by atoms with Crippen molar-refractivity contribution in [1.29, 1.82) is 0 Å². The predicted molar refractivity (Wildman–Crippen MR) is 99.9 cm³/mol. The molecule has 1 aliphatic heterocycles. The van der Waals surface area contributed by atoms with Crippen LogP contribution >= 0.6 is 0 Å². The van der Waals surface area contributed by atoms with Gasteiger partial charge in [-0.2, -0.15) is 0 Å². The first-order chi connectivity index (χ1) is 11.3. The summed E-state index contributed by atoms with van der Waals surface area (Å²) in [4.78, 5) is 13.6. The lowest BCUT2D eigenvalue weighted by Gasteiger charge is -2.32. The van der Waals surface area contributed by atoms with Gasteiger partial charge in [-0.3, -0.25) is 0 Å². The number of benzene rings is 1. The molecular formula is C19H30BNO4. The summed E-state index contributed by atoms with van der Waals surface area (Å²) in [6, 6.07) is 7.95. The van der Waals surface area contributed by atoms with Crippen molar-refractivity contribution in [2.45, 2.75) is 71.8 Å². The minimum absolute atomic E-state index is 0.331. The van der Waals surface area contributed by atoms with Crippen molar-refractivity contribution in [3.05, 3.63) is 29.8 Å². The van der Waals surface area contributed by atoms with Crippen molar-refractivity contribution in [3.8, 4) is 0 Å². The molecule has 1 saturated heterocycles. The van der Waals surface area contributed by atoms with Gasteiger partial charge in [-0.25, -0.2) is 4.79 Å². The number of carbonyl (C=O) groups is 1. The molecule has 1 heterocycles. The number of carbonyl (C=O) groups excluding carboxylic acids is 1. The molecular weight excluding hydrogens is 317 g/mol. The van der Waals surface area contributed by atoms with E-state index in [0.717, 1.165) is 11.0 Å². The zero-order valence-electron chi connectivity index (χ0n) is 16.7. The highest BCUT2D eigenvalue weighted by Gasteiger charge is 2.51. The summed E-state index contributed by atoms with van der Waals surface area (Å²) in [5, 5.41) is 0. The van der Waals surface area contributed by atoms with E-state index in [1.54, 1.807) is 11.9 Å². The van der Waals surface area contributed by atoms with Gasteiger partial charge in [0, 0.05) is 13.6 Å². The molecule has 1 aromatic rings. The lowest BCUT2D eigenvalue weighted by Crippen LogP contribution is -2.41. The maximum Gasteiger partial charge on any atom is 0.494 e. The van der Waals surface area contributed by atoms with Crippen molar-refractivity contribution in [2.24, 2.45) is 0 Å². The summed E-state index contributed by atoms with van der Waals surface area (Å²) >= 11 is 0. The summed E-state index contributed by atoms with van der Waals surface area (Å²) < 4.78 is 17.5. The topological polar surface area (TPSA) is 48.0 Å². The van der Waals surface area contributed by atoms with Crippen LogP contribution in [0.2, 0.25) is 0 Å². The Morgan fingerprint density at radius 3 is 2.00 bits per heavy atom. The Balaban J connectivity index is 2.00. The van der Waals surface area contributed by atoms with E-state index in [1.165, 1.54) is 0 Å². The van der Waals surface area contributed by atoms with Crippen molar-refractivity contribution >= 4 is 18.7 Å². The van der Waals surface area contributed by atoms with Crippen LogP contribution in [0.25, 0.3) is 0 Å². The van der Waals surface area contributed by atoms with Crippen LogP contribution in [0.4, 0.5) is 4.79 Å². The summed E-state index contributed by atoms with van der Waals surface area (Å²) in [6.45, 7) is 14.2. The van der Waals surface area contributed by atoms with Gasteiger partial charge in [0.15, 0.2) is 0 Å². The molecule has 1 aliphatic rings. The summed E-state index contributed by atoms with van der Waals surface area (Å²) in [5.74, 6) is 0. The zero-order valence-corrected chi connectivity index (χ0v) is 16.7. The number of ether oxygens (including phenoxy) is 1. The molecule has 1 aromatic carbocycles. The average molecular weight is 347 g/mol. The van der Waals surface area contributed by atoms with Crippen LogP contribution in [-0.4, -0.2) is 42.0 Å². The molecule has 0 spiro atoms. The Kier molecular flexibility index (Phi) is 5.27. The lowest BCUT2D eigenvalue weighted by atomic mass is 9.79. The lowest BCUT2D eigenvalue weighted by molar-refractivity contribution is 0.00578. The van der Waals surface area contributed by atoms with Crippen LogP contribution in [0.5, 0.6) is 0 Å². The molecule has 25 heavy (non-hydrogen) atoms. The number of hydrogen-bond acceptors (Lipinski definition) is 4. The second-order valence-electron chi connectivity index (χ2n) is 8.67. The molecule has 1 fully saturated rings. The Hall–Kier alpha value is -1.53. The maximum atomic E-state index is 12.0. The molecule has 0 unspecified atom stereocenters. The minimum Gasteiger partial charge on any atom is -0.444 e. The molecule has 0 N–H and O–H groups in total. The number of amides is 1. The molecule has 138 valence electrons. The van der Waals surface area contributed by atoms with Crippen molar-refractivity contribution in [1.82, 2.24) is 4.90 Å². The molecule has 0 aromatic heterocycles. The Morgan fingerprint density at radius 1 is 1.08 bits per heavy atom. The number of rotatable bonds is 3. The molecule has 6 heteroatoms. The quantitative estimate of drug-likeness (QED) is 0.787. The van der Waals surface area contributed by atoms with Crippen LogP contribution in [-0.2, 0) is 20.6 Å². The SMILES string of the molecule is CN(Cc1ccc(B2OC(C)(C)C(C)(C)O2)cc1)C(=O)OC(C)(C)C. The molecule has 2 rings (SSSR count). The summed E-state index contributed by atoms with van der Waals surface area (Å²) in [6.07, 6.45) is -0.331. The monoisotopic (exact) mass is 347 g/mol. The Labute approximate surface area is 151 Å². The summed E-state index contributed by atoms with van der Waals surface area (Å²) in [7, 11) is 1.36. The van der Waals surface area contributed by atoms with Gasteiger partial charge in [-0.15, -0.1) is 0 Å². The molecule has 0 aliphatic carbocycles. The molecule has 0 saturated carbocycles. The van der Waals surface area contributed by atoms with E-state index in [0.29, 0.717) is 6.54 Å². The molecule has 0 radical (unpaired) electrons. The Bertz CT molecular complexity index is 603. The third-order valence-electron chi connectivity index (χ3n) is 4.63. The van der Waals surface area contributed by atoms with Crippen molar-refractivity contribution < 1.29 is 18.8 Å². The highest BCUT2D eigenvalue weighted by Crippen LogP contribution is 2.36. The third kappa shape index (κ3) is 4.76. The van der Waals surface area contributed by atoms with Gasteiger partial charge < -0.3 is 18.9 Å². The van der Waals surface area contributed by atoms with E-state index in [-0.39, 0.29) is 24.4 Å². The second kappa shape index (κ2) is 6.65. The normalized spacial score (nSPS) is 19.0. The summed E-state index contributed by atoms with van der Waals surface area (Å²) in [5.41, 5.74) is 0.794. The maximum absolute atomic E-state index is 12.0. The predicted octanol–water partition coefficient (Wildman–Crippen LogP) is 3.35. The van der Waals surface area contributed by atoms with Crippen molar-refractivity contribution in [3.63, 3.8) is 0 Å².